The highest BCUT2D eigenvalue weighted by atomic mass is 79.9. The highest BCUT2D eigenvalue weighted by Crippen LogP contribution is 2.29. The molecule has 1 atom stereocenters. The van der Waals surface area contributed by atoms with E-state index in [9.17, 15) is 0 Å². The van der Waals surface area contributed by atoms with E-state index in [0.717, 1.165) is 15.8 Å². The average molecular weight is 302 g/mol. The molecule has 6 heteroatoms. The summed E-state index contributed by atoms with van der Waals surface area (Å²) in [4.78, 5) is 4.32. The fourth-order valence-corrected chi connectivity index (χ4v) is 2.28. The summed E-state index contributed by atoms with van der Waals surface area (Å²) in [6, 6.07) is 1.95. The van der Waals surface area contributed by atoms with Gasteiger partial charge in [0, 0.05) is 5.38 Å². The van der Waals surface area contributed by atoms with Crippen LogP contribution in [0.3, 0.4) is 0 Å². The molecular formula is C10H12BrN3OS. The Hall–Kier alpha value is -0.720. The number of hydrogen-bond acceptors (Lipinski definition) is 5. The lowest BCUT2D eigenvalue weighted by atomic mass is 10.0. The molecule has 0 aromatic carbocycles. The van der Waals surface area contributed by atoms with Crippen molar-refractivity contribution in [1.82, 2.24) is 10.1 Å². The van der Waals surface area contributed by atoms with Crippen molar-refractivity contribution in [2.75, 3.05) is 0 Å². The fourth-order valence-electron chi connectivity index (χ4n) is 1.15. The lowest BCUT2D eigenvalue weighted by Gasteiger charge is -2.16. The van der Waals surface area contributed by atoms with Crippen molar-refractivity contribution in [3.63, 3.8) is 0 Å². The van der Waals surface area contributed by atoms with Gasteiger partial charge in [-0.1, -0.05) is 12.1 Å². The molecule has 0 aliphatic rings. The predicted octanol–water partition coefficient (Wildman–Crippen LogP) is 3.14. The molecule has 2 heterocycles. The highest BCUT2D eigenvalue weighted by Gasteiger charge is 2.25. The third kappa shape index (κ3) is 2.18. The van der Waals surface area contributed by atoms with Gasteiger partial charge in [-0.25, -0.2) is 0 Å². The van der Waals surface area contributed by atoms with Gasteiger partial charge >= 0.3 is 0 Å². The minimum atomic E-state index is -0.533. The maximum atomic E-state index is 6.04. The van der Waals surface area contributed by atoms with E-state index in [-0.39, 0.29) is 0 Å². The molecule has 4 nitrogen and oxygen atoms in total. The van der Waals surface area contributed by atoms with E-state index in [1.54, 1.807) is 11.3 Å². The van der Waals surface area contributed by atoms with E-state index in [1.165, 1.54) is 0 Å². The molecule has 0 aliphatic heterocycles. The second-order valence-electron chi connectivity index (χ2n) is 3.83. The number of hydrogen-bond donors (Lipinski definition) is 1. The molecule has 0 radical (unpaired) electrons. The maximum Gasteiger partial charge on any atom is 0.258 e. The van der Waals surface area contributed by atoms with Crippen molar-refractivity contribution in [3.05, 3.63) is 21.1 Å². The molecule has 0 bridgehead atoms. The molecule has 16 heavy (non-hydrogen) atoms. The van der Waals surface area contributed by atoms with Gasteiger partial charge in [0.15, 0.2) is 5.82 Å². The Morgan fingerprint density at radius 3 is 2.94 bits per heavy atom. The van der Waals surface area contributed by atoms with Crippen molar-refractivity contribution >= 4 is 27.3 Å². The van der Waals surface area contributed by atoms with E-state index in [2.05, 4.69) is 26.1 Å². The van der Waals surface area contributed by atoms with Crippen LogP contribution in [-0.2, 0) is 5.54 Å². The van der Waals surface area contributed by atoms with E-state index in [0.29, 0.717) is 11.7 Å². The minimum absolute atomic E-state index is 0.516. The first-order valence-electron chi connectivity index (χ1n) is 4.90. The first kappa shape index (κ1) is 11.8. The van der Waals surface area contributed by atoms with Crippen molar-refractivity contribution in [3.8, 4) is 11.5 Å². The summed E-state index contributed by atoms with van der Waals surface area (Å²) in [5.74, 6) is 1.06. The van der Waals surface area contributed by atoms with Crippen LogP contribution in [0.2, 0.25) is 0 Å². The fraction of sp³-hybridized carbons (Fsp3) is 0.400. The normalized spacial score (nSPS) is 15.0. The summed E-state index contributed by atoms with van der Waals surface area (Å²) in [5, 5.41) is 5.88. The van der Waals surface area contributed by atoms with Crippen molar-refractivity contribution < 1.29 is 4.52 Å². The summed E-state index contributed by atoms with van der Waals surface area (Å²) >= 11 is 4.97. The van der Waals surface area contributed by atoms with Gasteiger partial charge in [0.05, 0.1) is 14.9 Å². The predicted molar refractivity (Wildman–Crippen MR) is 67.1 cm³/mol. The Balaban J connectivity index is 2.33. The van der Waals surface area contributed by atoms with Gasteiger partial charge in [0.2, 0.25) is 0 Å². The minimum Gasteiger partial charge on any atom is -0.334 e. The second-order valence-corrected chi connectivity index (χ2v) is 6.12. The molecule has 0 fully saturated rings. The topological polar surface area (TPSA) is 64.9 Å². The summed E-state index contributed by atoms with van der Waals surface area (Å²) in [5.41, 5.74) is 6.43. The van der Waals surface area contributed by atoms with Gasteiger partial charge in [-0.3, -0.25) is 0 Å². The standard InChI is InChI=1S/C10H12BrN3OS/c1-3-10(2,12)9-13-8(15-14-9)6-4-7(11)16-5-6/h4-5H,3,12H2,1-2H3. The van der Waals surface area contributed by atoms with Crippen LogP contribution in [0.1, 0.15) is 26.1 Å². The molecule has 2 rings (SSSR count). The van der Waals surface area contributed by atoms with Crippen LogP contribution >= 0.6 is 27.3 Å². The van der Waals surface area contributed by atoms with Crippen LogP contribution < -0.4 is 5.73 Å². The van der Waals surface area contributed by atoms with Crippen molar-refractivity contribution in [2.45, 2.75) is 25.8 Å². The molecule has 0 saturated carbocycles. The van der Waals surface area contributed by atoms with Gasteiger partial charge in [-0.05, 0) is 35.3 Å². The van der Waals surface area contributed by atoms with Crippen LogP contribution in [0.4, 0.5) is 0 Å². The number of thiophene rings is 1. The van der Waals surface area contributed by atoms with E-state index >= 15 is 0 Å². The van der Waals surface area contributed by atoms with Gasteiger partial charge in [-0.2, -0.15) is 4.98 Å². The lowest BCUT2D eigenvalue weighted by molar-refractivity contribution is 0.379. The van der Waals surface area contributed by atoms with Crippen LogP contribution in [0.25, 0.3) is 11.5 Å². The van der Waals surface area contributed by atoms with E-state index in [1.807, 2.05) is 25.3 Å². The van der Waals surface area contributed by atoms with Crippen molar-refractivity contribution in [2.24, 2.45) is 5.73 Å². The van der Waals surface area contributed by atoms with Gasteiger partial charge in [0.1, 0.15) is 0 Å². The quantitative estimate of drug-likeness (QED) is 0.946. The Morgan fingerprint density at radius 1 is 1.62 bits per heavy atom. The molecule has 2 N–H and O–H groups in total. The lowest BCUT2D eigenvalue weighted by Crippen LogP contribution is -2.33. The molecule has 0 amide bonds. The number of nitrogens with zero attached hydrogens (tertiary/aromatic N) is 2. The van der Waals surface area contributed by atoms with Gasteiger partial charge in [-0.15, -0.1) is 11.3 Å². The van der Waals surface area contributed by atoms with Crippen LogP contribution in [-0.4, -0.2) is 10.1 Å². The Kier molecular flexibility index (Phi) is 3.14. The second kappa shape index (κ2) is 4.27. The third-order valence-electron chi connectivity index (χ3n) is 2.49. The van der Waals surface area contributed by atoms with Gasteiger partial charge in [0.25, 0.3) is 5.89 Å². The van der Waals surface area contributed by atoms with Crippen LogP contribution in [0.5, 0.6) is 0 Å². The molecule has 0 aliphatic carbocycles. The molecule has 1 unspecified atom stereocenters. The molecule has 0 spiro atoms. The average Bonchev–Trinajstić information content (AvgIpc) is 2.85. The molecule has 86 valence electrons. The summed E-state index contributed by atoms with van der Waals surface area (Å²) in [6.07, 6.45) is 0.763. The zero-order valence-corrected chi connectivity index (χ0v) is 11.4. The van der Waals surface area contributed by atoms with Gasteiger partial charge < -0.3 is 10.3 Å². The molecule has 2 aromatic rings. The number of nitrogens with two attached hydrogens (primary N) is 1. The first-order chi connectivity index (χ1) is 7.53. The van der Waals surface area contributed by atoms with Crippen molar-refractivity contribution in [1.29, 1.82) is 0 Å². The third-order valence-corrected chi connectivity index (χ3v) is 3.99. The number of halogens is 1. The SMILES string of the molecule is CCC(C)(N)c1noc(-c2csc(Br)c2)n1. The van der Waals surface area contributed by atoms with E-state index < -0.39 is 5.54 Å². The summed E-state index contributed by atoms with van der Waals surface area (Å²) < 4.78 is 6.23. The number of aromatic nitrogens is 2. The van der Waals surface area contributed by atoms with Crippen LogP contribution in [0, 0.1) is 0 Å². The summed E-state index contributed by atoms with van der Waals surface area (Å²) in [7, 11) is 0. The molecule has 0 saturated heterocycles. The smallest absolute Gasteiger partial charge is 0.258 e. The summed E-state index contributed by atoms with van der Waals surface area (Å²) in [6.45, 7) is 3.89. The Morgan fingerprint density at radius 2 is 2.38 bits per heavy atom. The van der Waals surface area contributed by atoms with E-state index in [4.69, 9.17) is 10.3 Å². The van der Waals surface area contributed by atoms with Crippen LogP contribution in [0.15, 0.2) is 19.8 Å². The Bertz CT molecular complexity index is 492. The Labute approximate surface area is 106 Å². The zero-order valence-electron chi connectivity index (χ0n) is 9.03. The maximum absolute atomic E-state index is 6.04. The zero-order chi connectivity index (χ0) is 11.8. The molecular weight excluding hydrogens is 290 g/mol. The highest BCUT2D eigenvalue weighted by molar-refractivity contribution is 9.11. The molecule has 2 aromatic heterocycles. The number of rotatable bonds is 3. The monoisotopic (exact) mass is 301 g/mol. The largest absolute Gasteiger partial charge is 0.334 e. The first-order valence-corrected chi connectivity index (χ1v) is 6.57.